The van der Waals surface area contributed by atoms with Crippen LogP contribution in [0.3, 0.4) is 0 Å². The van der Waals surface area contributed by atoms with Crippen molar-refractivity contribution in [3.05, 3.63) is 33.2 Å². The normalized spacial score (nSPS) is 10.8. The Bertz CT molecular complexity index is 483. The number of rotatable bonds is 0. The van der Waals surface area contributed by atoms with Gasteiger partial charge in [-0.25, -0.2) is 0 Å². The fraction of sp³-hybridized carbons (Fsp3) is 0.125. The number of hydrogen-bond acceptors (Lipinski definition) is 1. The molecule has 0 amide bonds. The summed E-state index contributed by atoms with van der Waals surface area (Å²) in [5, 5.41) is 1.15. The highest BCUT2D eigenvalue weighted by atomic mass is 35.5. The first-order valence-corrected chi connectivity index (χ1v) is 3.93. The fourth-order valence-electron chi connectivity index (χ4n) is 1.20. The van der Waals surface area contributed by atoms with Gasteiger partial charge in [-0.3, -0.25) is 4.79 Å². The summed E-state index contributed by atoms with van der Waals surface area (Å²) in [6.07, 6.45) is 0. The highest BCUT2D eigenvalue weighted by Gasteiger charge is 2.01. The Morgan fingerprint density at radius 1 is 1.33 bits per heavy atom. The molecule has 0 radical (unpaired) electrons. The third-order valence-electron chi connectivity index (χ3n) is 1.72. The number of hydrogen-bond donors (Lipinski definition) is 2. The maximum absolute atomic E-state index is 11.0. The average Bonchev–Trinajstić information content (AvgIpc) is 2.30. The van der Waals surface area contributed by atoms with Gasteiger partial charge in [0.2, 0.25) is 0 Å². The van der Waals surface area contributed by atoms with Crippen LogP contribution in [0.15, 0.2) is 16.9 Å². The third kappa shape index (κ3) is 1.02. The van der Waals surface area contributed by atoms with Gasteiger partial charge < -0.3 is 9.97 Å². The van der Waals surface area contributed by atoms with Gasteiger partial charge in [-0.05, 0) is 19.1 Å². The summed E-state index contributed by atoms with van der Waals surface area (Å²) in [6, 6.07) is 3.58. The minimum absolute atomic E-state index is 0.224. The Morgan fingerprint density at radius 2 is 2.08 bits per heavy atom. The van der Waals surface area contributed by atoms with Gasteiger partial charge in [-0.1, -0.05) is 11.6 Å². The molecule has 2 aromatic heterocycles. The molecule has 0 unspecified atom stereocenters. The molecule has 0 atom stereocenters. The maximum atomic E-state index is 11.0. The molecular weight excluding hydrogens is 176 g/mol. The first kappa shape index (κ1) is 7.43. The lowest BCUT2D eigenvalue weighted by Crippen LogP contribution is -2.04. The molecule has 0 aliphatic rings. The van der Waals surface area contributed by atoms with E-state index in [1.807, 2.05) is 13.0 Å². The van der Waals surface area contributed by atoms with Gasteiger partial charge in [0.25, 0.3) is 5.56 Å². The fourth-order valence-corrected chi connectivity index (χ4v) is 1.37. The van der Waals surface area contributed by atoms with E-state index in [1.165, 1.54) is 0 Å². The van der Waals surface area contributed by atoms with Crippen LogP contribution in [-0.4, -0.2) is 9.97 Å². The van der Waals surface area contributed by atoms with E-state index in [4.69, 9.17) is 11.6 Å². The number of halogens is 1. The first-order valence-electron chi connectivity index (χ1n) is 3.55. The summed E-state index contributed by atoms with van der Waals surface area (Å²) >= 11 is 5.64. The van der Waals surface area contributed by atoms with Gasteiger partial charge in [0.15, 0.2) is 0 Å². The SMILES string of the molecule is Cc1cc2cc(Cl)c(=O)[nH]c2[nH]1. The van der Waals surface area contributed by atoms with Crippen LogP contribution >= 0.6 is 11.6 Å². The Hall–Kier alpha value is -1.22. The van der Waals surface area contributed by atoms with Crippen LogP contribution < -0.4 is 5.56 Å². The molecule has 0 fully saturated rings. The Labute approximate surface area is 73.4 Å². The molecule has 0 spiro atoms. The summed E-state index contributed by atoms with van der Waals surface area (Å²) in [7, 11) is 0. The molecule has 4 heteroatoms. The summed E-state index contributed by atoms with van der Waals surface area (Å²) < 4.78 is 0. The van der Waals surface area contributed by atoms with Crippen LogP contribution in [0.25, 0.3) is 11.0 Å². The maximum Gasteiger partial charge on any atom is 0.268 e. The van der Waals surface area contributed by atoms with E-state index >= 15 is 0 Å². The van der Waals surface area contributed by atoms with Crippen LogP contribution in [0.2, 0.25) is 5.02 Å². The van der Waals surface area contributed by atoms with E-state index in [2.05, 4.69) is 9.97 Å². The molecule has 2 heterocycles. The number of H-pyrrole nitrogens is 2. The van der Waals surface area contributed by atoms with Crippen molar-refractivity contribution in [3.8, 4) is 0 Å². The smallest absolute Gasteiger partial charge is 0.268 e. The van der Waals surface area contributed by atoms with E-state index < -0.39 is 0 Å². The van der Waals surface area contributed by atoms with E-state index in [0.29, 0.717) is 0 Å². The topological polar surface area (TPSA) is 48.6 Å². The van der Waals surface area contributed by atoms with E-state index in [1.54, 1.807) is 6.07 Å². The van der Waals surface area contributed by atoms with Crippen molar-refractivity contribution in [1.29, 1.82) is 0 Å². The number of aromatic amines is 2. The van der Waals surface area contributed by atoms with Gasteiger partial charge in [0.05, 0.1) is 0 Å². The zero-order valence-corrected chi connectivity index (χ0v) is 7.20. The van der Waals surface area contributed by atoms with Crippen LogP contribution in [0.4, 0.5) is 0 Å². The third-order valence-corrected chi connectivity index (χ3v) is 2.00. The molecule has 0 aliphatic carbocycles. The van der Waals surface area contributed by atoms with Crippen molar-refractivity contribution >= 4 is 22.6 Å². The largest absolute Gasteiger partial charge is 0.345 e. The molecule has 2 N–H and O–H groups in total. The number of aryl methyl sites for hydroxylation is 1. The van der Waals surface area contributed by atoms with Gasteiger partial charge in [-0.2, -0.15) is 0 Å². The van der Waals surface area contributed by atoms with Crippen LogP contribution in [0, 0.1) is 6.92 Å². The highest BCUT2D eigenvalue weighted by molar-refractivity contribution is 6.31. The van der Waals surface area contributed by atoms with E-state index in [9.17, 15) is 4.79 Å². The quantitative estimate of drug-likeness (QED) is 0.642. The van der Waals surface area contributed by atoms with E-state index in [0.717, 1.165) is 16.7 Å². The molecule has 0 bridgehead atoms. The van der Waals surface area contributed by atoms with Crippen molar-refractivity contribution < 1.29 is 0 Å². The first-order chi connectivity index (χ1) is 5.66. The minimum Gasteiger partial charge on any atom is -0.345 e. The summed E-state index contributed by atoms with van der Waals surface area (Å²) in [5.74, 6) is 0. The molecule has 0 aliphatic heterocycles. The van der Waals surface area contributed by atoms with Crippen molar-refractivity contribution in [3.63, 3.8) is 0 Å². The predicted octanol–water partition coefficient (Wildman–Crippen LogP) is 1.82. The van der Waals surface area contributed by atoms with E-state index in [-0.39, 0.29) is 10.6 Å². The van der Waals surface area contributed by atoms with Gasteiger partial charge >= 0.3 is 0 Å². The number of nitrogens with one attached hydrogen (secondary N) is 2. The predicted molar refractivity (Wildman–Crippen MR) is 48.7 cm³/mol. The zero-order chi connectivity index (χ0) is 8.72. The van der Waals surface area contributed by atoms with Crippen molar-refractivity contribution in [1.82, 2.24) is 9.97 Å². The van der Waals surface area contributed by atoms with Gasteiger partial charge in [0, 0.05) is 11.1 Å². The van der Waals surface area contributed by atoms with Crippen molar-refractivity contribution in [2.24, 2.45) is 0 Å². The average molecular weight is 183 g/mol. The zero-order valence-electron chi connectivity index (χ0n) is 6.44. The lowest BCUT2D eigenvalue weighted by atomic mass is 10.3. The summed E-state index contributed by atoms with van der Waals surface area (Å²) in [6.45, 7) is 1.92. The minimum atomic E-state index is -0.258. The molecule has 3 nitrogen and oxygen atoms in total. The molecular formula is C8H7ClN2O. The van der Waals surface area contributed by atoms with Crippen molar-refractivity contribution in [2.75, 3.05) is 0 Å². The van der Waals surface area contributed by atoms with Gasteiger partial charge in [-0.15, -0.1) is 0 Å². The molecule has 0 saturated heterocycles. The van der Waals surface area contributed by atoms with Crippen LogP contribution in [0.1, 0.15) is 5.69 Å². The molecule has 2 rings (SSSR count). The second kappa shape index (κ2) is 2.38. The number of aromatic nitrogens is 2. The van der Waals surface area contributed by atoms with Crippen molar-refractivity contribution in [2.45, 2.75) is 6.92 Å². The summed E-state index contributed by atoms with van der Waals surface area (Å²) in [4.78, 5) is 16.7. The molecule has 62 valence electrons. The molecule has 12 heavy (non-hydrogen) atoms. The van der Waals surface area contributed by atoms with Crippen LogP contribution in [0.5, 0.6) is 0 Å². The number of pyridine rings is 1. The lowest BCUT2D eigenvalue weighted by Gasteiger charge is -1.89. The molecule has 2 aromatic rings. The molecule has 0 aromatic carbocycles. The Morgan fingerprint density at radius 3 is 2.83 bits per heavy atom. The Balaban J connectivity index is 2.92. The highest BCUT2D eigenvalue weighted by Crippen LogP contribution is 2.13. The number of fused-ring (bicyclic) bond motifs is 1. The van der Waals surface area contributed by atoms with Gasteiger partial charge in [0.1, 0.15) is 10.7 Å². The second-order valence-corrected chi connectivity index (χ2v) is 3.14. The summed E-state index contributed by atoms with van der Waals surface area (Å²) in [5.41, 5.74) is 1.47. The lowest BCUT2D eigenvalue weighted by molar-refractivity contribution is 1.22. The second-order valence-electron chi connectivity index (χ2n) is 2.73. The monoisotopic (exact) mass is 182 g/mol. The standard InChI is InChI=1S/C8H7ClN2O/c1-4-2-5-3-6(9)8(12)11-7(5)10-4/h2-3H,1H3,(H2,10,11,12). The Kier molecular flexibility index (Phi) is 1.48. The molecule has 0 saturated carbocycles. The van der Waals surface area contributed by atoms with Crippen LogP contribution in [-0.2, 0) is 0 Å².